The van der Waals surface area contributed by atoms with Crippen molar-refractivity contribution in [1.82, 2.24) is 0 Å². The molecule has 0 unspecified atom stereocenters. The summed E-state index contributed by atoms with van der Waals surface area (Å²) in [5.74, 6) is 0. The van der Waals surface area contributed by atoms with Gasteiger partial charge in [0.05, 0.1) is 0 Å². The zero-order valence-electron chi connectivity index (χ0n) is 11.4. The third-order valence-electron chi connectivity index (χ3n) is 2.74. The quantitative estimate of drug-likeness (QED) is 0.322. The smallest absolute Gasteiger partial charge is 0.377 e. The van der Waals surface area contributed by atoms with Crippen LogP contribution in [0.2, 0.25) is 6.04 Å². The molecule has 0 aromatic carbocycles. The van der Waals surface area contributed by atoms with Crippen LogP contribution in [0.5, 0.6) is 0 Å². The summed E-state index contributed by atoms with van der Waals surface area (Å²) in [6, 6.07) is 0.886. The van der Waals surface area contributed by atoms with Gasteiger partial charge in [-0.2, -0.15) is 0 Å². The summed E-state index contributed by atoms with van der Waals surface area (Å²) >= 11 is 0. The second kappa shape index (κ2) is 10.7. The van der Waals surface area contributed by atoms with E-state index in [0.29, 0.717) is 0 Å². The van der Waals surface area contributed by atoms with E-state index in [0.717, 1.165) is 38.1 Å². The Morgan fingerprint density at radius 2 is 1.47 bits per heavy atom. The van der Waals surface area contributed by atoms with E-state index in [2.05, 4.69) is 18.7 Å². The second-order valence-corrected chi connectivity index (χ2v) is 6.97. The van der Waals surface area contributed by atoms with Crippen LogP contribution in [0, 0.1) is 0 Å². The lowest BCUT2D eigenvalue weighted by molar-refractivity contribution is 0.123. The highest BCUT2D eigenvalue weighted by atomic mass is 28.4. The Morgan fingerprint density at radius 3 is 2.00 bits per heavy atom. The molecule has 4 heteroatoms. The van der Waals surface area contributed by atoms with E-state index in [1.165, 1.54) is 0 Å². The molecule has 0 N–H and O–H groups in total. The SMILES string of the molecule is C=CCC/C=C/CCCC[Si](OC)(OC)OC. The van der Waals surface area contributed by atoms with Crippen LogP contribution in [0.15, 0.2) is 24.8 Å². The monoisotopic (exact) mass is 258 g/mol. The van der Waals surface area contributed by atoms with E-state index in [-0.39, 0.29) is 0 Å². The van der Waals surface area contributed by atoms with Gasteiger partial charge in [0.1, 0.15) is 0 Å². The lowest BCUT2D eigenvalue weighted by Crippen LogP contribution is -2.42. The Hall–Kier alpha value is -0.423. The Balaban J connectivity index is 3.61. The number of hydrogen-bond acceptors (Lipinski definition) is 3. The van der Waals surface area contributed by atoms with Crippen LogP contribution in [-0.2, 0) is 13.3 Å². The van der Waals surface area contributed by atoms with Crippen LogP contribution in [0.1, 0.15) is 32.1 Å². The zero-order chi connectivity index (χ0) is 13.0. The molecule has 0 aliphatic carbocycles. The van der Waals surface area contributed by atoms with Crippen molar-refractivity contribution in [3.8, 4) is 0 Å². The van der Waals surface area contributed by atoms with Crippen molar-refractivity contribution in [3.05, 3.63) is 24.8 Å². The molecule has 0 saturated carbocycles. The summed E-state index contributed by atoms with van der Waals surface area (Å²) in [6.45, 7) is 3.69. The van der Waals surface area contributed by atoms with Gasteiger partial charge in [-0.25, -0.2) is 0 Å². The van der Waals surface area contributed by atoms with E-state index in [1.54, 1.807) is 21.3 Å². The van der Waals surface area contributed by atoms with Gasteiger partial charge in [-0.3, -0.25) is 0 Å². The van der Waals surface area contributed by atoms with Gasteiger partial charge in [0.15, 0.2) is 0 Å². The van der Waals surface area contributed by atoms with E-state index < -0.39 is 8.80 Å². The van der Waals surface area contributed by atoms with Crippen molar-refractivity contribution >= 4 is 8.80 Å². The van der Waals surface area contributed by atoms with E-state index >= 15 is 0 Å². The van der Waals surface area contributed by atoms with Crippen LogP contribution < -0.4 is 0 Å². The molecular formula is C13H26O3Si. The highest BCUT2D eigenvalue weighted by molar-refractivity contribution is 6.60. The van der Waals surface area contributed by atoms with Crippen molar-refractivity contribution in [1.29, 1.82) is 0 Å². The Labute approximate surface area is 107 Å². The average Bonchev–Trinajstić information content (AvgIpc) is 2.38. The van der Waals surface area contributed by atoms with Crippen LogP contribution in [-0.4, -0.2) is 30.1 Å². The van der Waals surface area contributed by atoms with Crippen molar-refractivity contribution in [2.75, 3.05) is 21.3 Å². The first-order valence-corrected chi connectivity index (χ1v) is 8.09. The van der Waals surface area contributed by atoms with Crippen LogP contribution in [0.25, 0.3) is 0 Å². The third-order valence-corrected chi connectivity index (χ3v) is 5.57. The summed E-state index contributed by atoms with van der Waals surface area (Å²) in [5, 5.41) is 0. The van der Waals surface area contributed by atoms with Gasteiger partial charge in [0, 0.05) is 27.4 Å². The predicted molar refractivity (Wildman–Crippen MR) is 74.0 cm³/mol. The van der Waals surface area contributed by atoms with E-state index in [1.807, 2.05) is 6.08 Å². The maximum atomic E-state index is 5.36. The molecular weight excluding hydrogens is 232 g/mol. The molecule has 17 heavy (non-hydrogen) atoms. The number of allylic oxidation sites excluding steroid dienone is 3. The molecule has 0 atom stereocenters. The summed E-state index contributed by atoms with van der Waals surface area (Å²) < 4.78 is 16.1. The zero-order valence-corrected chi connectivity index (χ0v) is 12.4. The van der Waals surface area contributed by atoms with Gasteiger partial charge in [-0.15, -0.1) is 6.58 Å². The molecule has 0 radical (unpaired) electrons. The Bertz CT molecular complexity index is 204. The van der Waals surface area contributed by atoms with Crippen molar-refractivity contribution in [2.24, 2.45) is 0 Å². The fourth-order valence-electron chi connectivity index (χ4n) is 1.61. The number of rotatable bonds is 11. The normalized spacial score (nSPS) is 12.2. The molecule has 0 bridgehead atoms. The van der Waals surface area contributed by atoms with Gasteiger partial charge in [0.2, 0.25) is 0 Å². The van der Waals surface area contributed by atoms with E-state index in [9.17, 15) is 0 Å². The van der Waals surface area contributed by atoms with Crippen molar-refractivity contribution in [2.45, 2.75) is 38.1 Å². The molecule has 0 aromatic rings. The van der Waals surface area contributed by atoms with Gasteiger partial charge in [-0.1, -0.05) is 18.2 Å². The minimum atomic E-state index is -2.34. The maximum Gasteiger partial charge on any atom is 0.500 e. The molecule has 3 nitrogen and oxygen atoms in total. The minimum Gasteiger partial charge on any atom is -0.377 e. The van der Waals surface area contributed by atoms with Gasteiger partial charge in [0.25, 0.3) is 0 Å². The van der Waals surface area contributed by atoms with Gasteiger partial charge >= 0.3 is 8.80 Å². The summed E-state index contributed by atoms with van der Waals surface area (Å²) in [6.07, 6.45) is 11.9. The fraction of sp³-hybridized carbons (Fsp3) is 0.692. The molecule has 0 aliphatic heterocycles. The molecule has 0 spiro atoms. The van der Waals surface area contributed by atoms with Crippen LogP contribution >= 0.6 is 0 Å². The summed E-state index contributed by atoms with van der Waals surface area (Å²) in [7, 11) is 2.65. The minimum absolute atomic E-state index is 0.886. The van der Waals surface area contributed by atoms with Crippen molar-refractivity contribution < 1.29 is 13.3 Å². The van der Waals surface area contributed by atoms with E-state index in [4.69, 9.17) is 13.3 Å². The Morgan fingerprint density at radius 1 is 0.882 bits per heavy atom. The fourth-order valence-corrected chi connectivity index (χ4v) is 3.41. The van der Waals surface area contributed by atoms with Gasteiger partial charge < -0.3 is 13.3 Å². The second-order valence-electron chi connectivity index (χ2n) is 3.88. The van der Waals surface area contributed by atoms with Gasteiger partial charge in [-0.05, 0) is 32.1 Å². The molecule has 0 aromatic heterocycles. The number of unbranched alkanes of at least 4 members (excludes halogenated alkanes) is 3. The predicted octanol–water partition coefficient (Wildman–Crippen LogP) is 3.56. The first-order chi connectivity index (χ1) is 8.24. The first-order valence-electron chi connectivity index (χ1n) is 6.16. The molecule has 0 aliphatic rings. The molecule has 0 rings (SSSR count). The largest absolute Gasteiger partial charge is 0.500 e. The summed E-state index contributed by atoms with van der Waals surface area (Å²) in [5.41, 5.74) is 0. The average molecular weight is 258 g/mol. The molecule has 0 heterocycles. The third kappa shape index (κ3) is 7.49. The highest BCUT2D eigenvalue weighted by Gasteiger charge is 2.36. The van der Waals surface area contributed by atoms with Crippen LogP contribution in [0.4, 0.5) is 0 Å². The molecule has 0 saturated heterocycles. The van der Waals surface area contributed by atoms with Crippen molar-refractivity contribution in [3.63, 3.8) is 0 Å². The first kappa shape index (κ1) is 16.6. The highest BCUT2D eigenvalue weighted by Crippen LogP contribution is 2.17. The topological polar surface area (TPSA) is 27.7 Å². The molecule has 100 valence electrons. The maximum absolute atomic E-state index is 5.36. The summed E-state index contributed by atoms with van der Waals surface area (Å²) in [4.78, 5) is 0. The number of hydrogen-bond donors (Lipinski definition) is 0. The van der Waals surface area contributed by atoms with Crippen LogP contribution in [0.3, 0.4) is 0 Å². The lowest BCUT2D eigenvalue weighted by atomic mass is 10.2. The standard InChI is InChI=1S/C13H26O3Si/c1-5-6-7-8-9-10-11-12-13-17(14-2,15-3)16-4/h5,8-9H,1,6-7,10-13H2,2-4H3/b9-8+. The Kier molecular flexibility index (Phi) is 10.4. The molecule has 0 amide bonds. The molecule has 0 fully saturated rings. The lowest BCUT2D eigenvalue weighted by Gasteiger charge is -2.24.